The number of hydrogen-bond donors (Lipinski definition) is 1. The molecule has 1 aliphatic rings. The van der Waals surface area contributed by atoms with E-state index in [2.05, 4.69) is 17.2 Å². The van der Waals surface area contributed by atoms with E-state index in [1.165, 1.54) is 0 Å². The molecule has 2 aromatic rings. The van der Waals surface area contributed by atoms with Gasteiger partial charge in [0.25, 0.3) is 5.91 Å². The molecule has 1 aromatic carbocycles. The van der Waals surface area contributed by atoms with E-state index in [4.69, 9.17) is 0 Å². The fourth-order valence-corrected chi connectivity index (χ4v) is 2.53. The summed E-state index contributed by atoms with van der Waals surface area (Å²) in [5, 5.41) is 3.37. The van der Waals surface area contributed by atoms with Crippen LogP contribution in [-0.2, 0) is 6.54 Å². The molecule has 102 valence electrons. The van der Waals surface area contributed by atoms with E-state index < -0.39 is 0 Å². The number of aryl methyl sites for hydroxylation is 2. The van der Waals surface area contributed by atoms with E-state index in [-0.39, 0.29) is 5.91 Å². The lowest BCUT2D eigenvalue weighted by atomic mass is 10.1. The van der Waals surface area contributed by atoms with E-state index >= 15 is 0 Å². The van der Waals surface area contributed by atoms with E-state index in [0.29, 0.717) is 6.54 Å². The Kier molecular flexibility index (Phi) is 2.93. The number of carbonyl (C=O) groups excluding carboxylic acids is 1. The van der Waals surface area contributed by atoms with Crippen molar-refractivity contribution in [2.45, 2.75) is 20.4 Å². The van der Waals surface area contributed by atoms with Crippen molar-refractivity contribution in [1.82, 2.24) is 9.88 Å². The second-order valence-electron chi connectivity index (χ2n) is 5.30. The van der Waals surface area contributed by atoms with Gasteiger partial charge < -0.3 is 10.2 Å². The van der Waals surface area contributed by atoms with Gasteiger partial charge in [0.2, 0.25) is 0 Å². The van der Waals surface area contributed by atoms with Crippen molar-refractivity contribution in [3.63, 3.8) is 0 Å². The first-order valence-corrected chi connectivity index (χ1v) is 6.63. The molecule has 0 fully saturated rings. The lowest BCUT2D eigenvalue weighted by molar-refractivity contribution is 0.0816. The zero-order chi connectivity index (χ0) is 14.3. The van der Waals surface area contributed by atoms with Crippen LogP contribution in [0.25, 0.3) is 0 Å². The summed E-state index contributed by atoms with van der Waals surface area (Å²) < 4.78 is 0. The highest BCUT2D eigenvalue weighted by Gasteiger charge is 2.24. The summed E-state index contributed by atoms with van der Waals surface area (Å²) in [5.41, 5.74) is 6.02. The monoisotopic (exact) mass is 267 g/mol. The molecule has 0 radical (unpaired) electrons. The average Bonchev–Trinajstić information content (AvgIpc) is 2.68. The zero-order valence-corrected chi connectivity index (χ0v) is 11.9. The number of carbonyl (C=O) groups is 1. The first kappa shape index (κ1) is 12.7. The van der Waals surface area contributed by atoms with Gasteiger partial charge in [-0.05, 0) is 49.2 Å². The minimum absolute atomic E-state index is 0.0970. The fourth-order valence-electron chi connectivity index (χ4n) is 2.53. The van der Waals surface area contributed by atoms with Gasteiger partial charge in [0.1, 0.15) is 0 Å². The van der Waals surface area contributed by atoms with Crippen molar-refractivity contribution < 1.29 is 4.79 Å². The highest BCUT2D eigenvalue weighted by Crippen LogP contribution is 2.27. The van der Waals surface area contributed by atoms with Crippen molar-refractivity contribution in [3.8, 4) is 0 Å². The molecule has 3 rings (SSSR count). The van der Waals surface area contributed by atoms with Crippen LogP contribution in [0.5, 0.6) is 0 Å². The Bertz CT molecular complexity index is 694. The lowest BCUT2D eigenvalue weighted by Gasteiger charge is -2.10. The van der Waals surface area contributed by atoms with Crippen LogP contribution >= 0.6 is 0 Å². The van der Waals surface area contributed by atoms with Gasteiger partial charge in [-0.1, -0.05) is 0 Å². The molecule has 20 heavy (non-hydrogen) atoms. The number of benzene rings is 1. The lowest BCUT2D eigenvalue weighted by Crippen LogP contribution is -2.17. The van der Waals surface area contributed by atoms with E-state index in [9.17, 15) is 4.79 Å². The molecule has 1 amide bonds. The molecule has 1 aromatic heterocycles. The molecule has 4 heteroatoms. The summed E-state index contributed by atoms with van der Waals surface area (Å²) in [6, 6.07) is 7.92. The number of aromatic nitrogens is 1. The summed E-state index contributed by atoms with van der Waals surface area (Å²) in [4.78, 5) is 17.9. The molecule has 1 aliphatic heterocycles. The summed E-state index contributed by atoms with van der Waals surface area (Å²) in [5.74, 6) is 0.0970. The number of amides is 1. The number of nitrogens with one attached hydrogen (secondary N) is 1. The molecule has 0 aliphatic carbocycles. The molecule has 0 saturated heterocycles. The summed E-state index contributed by atoms with van der Waals surface area (Å²) in [6.45, 7) is 4.71. The molecule has 0 unspecified atom stereocenters. The van der Waals surface area contributed by atoms with Crippen molar-refractivity contribution in [1.29, 1.82) is 0 Å². The third-order valence-corrected chi connectivity index (χ3v) is 3.62. The Morgan fingerprint density at radius 2 is 2.05 bits per heavy atom. The molecule has 0 spiro atoms. The first-order chi connectivity index (χ1) is 9.54. The molecule has 0 saturated carbocycles. The topological polar surface area (TPSA) is 45.2 Å². The predicted molar refractivity (Wildman–Crippen MR) is 79.2 cm³/mol. The first-order valence-electron chi connectivity index (χ1n) is 6.63. The van der Waals surface area contributed by atoms with Gasteiger partial charge in [-0.25, -0.2) is 0 Å². The predicted octanol–water partition coefficient (Wildman–Crippen LogP) is 3.03. The second-order valence-corrected chi connectivity index (χ2v) is 5.30. The van der Waals surface area contributed by atoms with Crippen LogP contribution in [0, 0.1) is 13.8 Å². The maximum atomic E-state index is 11.9. The average molecular weight is 267 g/mol. The zero-order valence-electron chi connectivity index (χ0n) is 11.9. The van der Waals surface area contributed by atoms with Crippen LogP contribution in [0.1, 0.15) is 27.2 Å². The number of anilines is 2. The van der Waals surface area contributed by atoms with Crippen molar-refractivity contribution in [3.05, 3.63) is 52.8 Å². The number of hydrogen-bond acceptors (Lipinski definition) is 3. The Morgan fingerprint density at radius 1 is 1.25 bits per heavy atom. The summed E-state index contributed by atoms with van der Waals surface area (Å²) in [7, 11) is 1.82. The number of pyridine rings is 1. The Labute approximate surface area is 118 Å². The maximum Gasteiger partial charge on any atom is 0.254 e. The molecule has 0 atom stereocenters. The third-order valence-electron chi connectivity index (χ3n) is 3.62. The van der Waals surface area contributed by atoms with Gasteiger partial charge in [0.05, 0.1) is 11.9 Å². The Balaban J connectivity index is 1.90. The van der Waals surface area contributed by atoms with Gasteiger partial charge >= 0.3 is 0 Å². The number of fused-ring (bicyclic) bond motifs is 1. The summed E-state index contributed by atoms with van der Waals surface area (Å²) >= 11 is 0. The van der Waals surface area contributed by atoms with Crippen molar-refractivity contribution >= 4 is 17.3 Å². The van der Waals surface area contributed by atoms with Gasteiger partial charge in [0.15, 0.2) is 0 Å². The maximum absolute atomic E-state index is 11.9. The second kappa shape index (κ2) is 4.63. The molecular formula is C16H17N3O. The number of nitrogens with zero attached hydrogens (tertiary/aromatic N) is 2. The van der Waals surface area contributed by atoms with Crippen molar-refractivity contribution in [2.24, 2.45) is 0 Å². The minimum atomic E-state index is 0.0970. The van der Waals surface area contributed by atoms with Crippen LogP contribution in [0.2, 0.25) is 0 Å². The van der Waals surface area contributed by atoms with Gasteiger partial charge in [-0.3, -0.25) is 9.78 Å². The standard InChI is InChI=1S/C16H17N3O/c1-10-6-11(2)17-8-15(10)18-13-4-5-14-12(7-13)9-19(3)16(14)20/h4-8,18H,9H2,1-3H3. The smallest absolute Gasteiger partial charge is 0.254 e. The SMILES string of the molecule is Cc1cc(C)c(Nc2ccc3c(c2)CN(C)C3=O)cn1. The van der Waals surface area contributed by atoms with Gasteiger partial charge in [0, 0.05) is 30.5 Å². The molecule has 1 N–H and O–H groups in total. The normalized spacial score (nSPS) is 13.6. The van der Waals surface area contributed by atoms with Crippen LogP contribution in [-0.4, -0.2) is 22.8 Å². The highest BCUT2D eigenvalue weighted by atomic mass is 16.2. The Hall–Kier alpha value is -2.36. The Morgan fingerprint density at radius 3 is 2.80 bits per heavy atom. The van der Waals surface area contributed by atoms with Gasteiger partial charge in [-0.15, -0.1) is 0 Å². The van der Waals surface area contributed by atoms with E-state index in [0.717, 1.165) is 33.8 Å². The molecule has 4 nitrogen and oxygen atoms in total. The third kappa shape index (κ3) is 2.13. The van der Waals surface area contributed by atoms with Gasteiger partial charge in [-0.2, -0.15) is 0 Å². The molecule has 2 heterocycles. The van der Waals surface area contributed by atoms with E-state index in [1.54, 1.807) is 4.90 Å². The quantitative estimate of drug-likeness (QED) is 0.909. The van der Waals surface area contributed by atoms with Crippen LogP contribution in [0.3, 0.4) is 0 Å². The van der Waals surface area contributed by atoms with Crippen LogP contribution < -0.4 is 5.32 Å². The summed E-state index contributed by atoms with van der Waals surface area (Å²) in [6.07, 6.45) is 1.84. The molecule has 0 bridgehead atoms. The highest BCUT2D eigenvalue weighted by molar-refractivity contribution is 5.98. The molecular weight excluding hydrogens is 250 g/mol. The van der Waals surface area contributed by atoms with Crippen molar-refractivity contribution in [2.75, 3.05) is 12.4 Å². The fraction of sp³-hybridized carbons (Fsp3) is 0.250. The van der Waals surface area contributed by atoms with Crippen LogP contribution in [0.4, 0.5) is 11.4 Å². The largest absolute Gasteiger partial charge is 0.354 e. The minimum Gasteiger partial charge on any atom is -0.354 e. The number of rotatable bonds is 2. The van der Waals surface area contributed by atoms with Crippen LogP contribution in [0.15, 0.2) is 30.5 Å². The van der Waals surface area contributed by atoms with E-state index in [1.807, 2.05) is 44.4 Å².